The second-order valence-electron chi connectivity index (χ2n) is 7.87. The van der Waals surface area contributed by atoms with Gasteiger partial charge in [0.25, 0.3) is 5.91 Å². The highest BCUT2D eigenvalue weighted by Crippen LogP contribution is 2.42. The third-order valence-corrected chi connectivity index (χ3v) is 6.85. The number of nitrogens with one attached hydrogen (secondary N) is 1. The van der Waals surface area contributed by atoms with Gasteiger partial charge in [0.05, 0.1) is 5.75 Å². The fourth-order valence-electron chi connectivity index (χ4n) is 4.08. The monoisotopic (exact) mass is 438 g/mol. The smallest absolute Gasteiger partial charge is 0.256 e. The van der Waals surface area contributed by atoms with Gasteiger partial charge < -0.3 is 5.32 Å². The van der Waals surface area contributed by atoms with E-state index in [0.717, 1.165) is 33.3 Å². The Morgan fingerprint density at radius 2 is 1.69 bits per heavy atom. The predicted molar refractivity (Wildman–Crippen MR) is 132 cm³/mol. The molecular formula is C27H22N2O2S. The molecule has 1 heterocycles. The van der Waals surface area contributed by atoms with Crippen LogP contribution in [0, 0.1) is 6.92 Å². The van der Waals surface area contributed by atoms with E-state index in [1.807, 2.05) is 103 Å². The van der Waals surface area contributed by atoms with Gasteiger partial charge in [-0.15, -0.1) is 11.8 Å². The molecule has 0 radical (unpaired) electrons. The first-order valence-electron chi connectivity index (χ1n) is 10.5. The maximum Gasteiger partial charge on any atom is 0.256 e. The van der Waals surface area contributed by atoms with Crippen molar-refractivity contribution in [2.24, 2.45) is 0 Å². The summed E-state index contributed by atoms with van der Waals surface area (Å²) >= 11 is 1.62. The van der Waals surface area contributed by atoms with E-state index >= 15 is 0 Å². The summed E-state index contributed by atoms with van der Waals surface area (Å²) in [5, 5.41) is 4.89. The van der Waals surface area contributed by atoms with Gasteiger partial charge in [0.15, 0.2) is 0 Å². The number of fused-ring (bicyclic) bond motifs is 1. The van der Waals surface area contributed by atoms with Gasteiger partial charge in [-0.05, 0) is 59.2 Å². The number of amides is 2. The highest BCUT2D eigenvalue weighted by atomic mass is 32.2. The molecule has 4 aromatic carbocycles. The first-order valence-corrected chi connectivity index (χ1v) is 11.5. The molecule has 1 fully saturated rings. The van der Waals surface area contributed by atoms with Crippen LogP contribution < -0.4 is 10.2 Å². The Bertz CT molecular complexity index is 1310. The number of hydrogen-bond donors (Lipinski definition) is 1. The van der Waals surface area contributed by atoms with Crippen LogP contribution in [0.2, 0.25) is 0 Å². The molecule has 4 nitrogen and oxygen atoms in total. The normalized spacial score (nSPS) is 15.8. The highest BCUT2D eigenvalue weighted by Gasteiger charge is 2.34. The SMILES string of the molecule is Cc1cccc(N2C(=O)CS[C@H]2c2ccc(NC(=O)c3cccc4ccccc34)cc2)c1. The van der Waals surface area contributed by atoms with Crippen LogP contribution in [0.15, 0.2) is 91.0 Å². The number of aryl methyl sites for hydroxylation is 1. The minimum Gasteiger partial charge on any atom is -0.322 e. The molecule has 1 saturated heterocycles. The van der Waals surface area contributed by atoms with E-state index in [0.29, 0.717) is 11.3 Å². The highest BCUT2D eigenvalue weighted by molar-refractivity contribution is 8.00. The molecule has 2 amide bonds. The molecule has 0 aromatic heterocycles. The molecule has 1 aliphatic heterocycles. The van der Waals surface area contributed by atoms with Crippen molar-refractivity contribution in [1.82, 2.24) is 0 Å². The van der Waals surface area contributed by atoms with Crippen molar-refractivity contribution in [3.63, 3.8) is 0 Å². The zero-order valence-corrected chi connectivity index (χ0v) is 18.4. The molecule has 0 unspecified atom stereocenters. The fraction of sp³-hybridized carbons (Fsp3) is 0.111. The van der Waals surface area contributed by atoms with Crippen LogP contribution >= 0.6 is 11.8 Å². The standard InChI is InChI=1S/C27H22N2O2S/c1-18-6-4-9-22(16-18)29-25(30)17-32-27(29)20-12-14-21(15-13-20)28-26(31)24-11-5-8-19-7-2-3-10-23(19)24/h2-16,27H,17H2,1H3,(H,28,31)/t27-/m0/s1. The van der Waals surface area contributed by atoms with Crippen LogP contribution in [0.25, 0.3) is 10.8 Å². The van der Waals surface area contributed by atoms with Gasteiger partial charge in [-0.2, -0.15) is 0 Å². The van der Waals surface area contributed by atoms with Gasteiger partial charge in [0.1, 0.15) is 5.37 Å². The van der Waals surface area contributed by atoms with E-state index in [4.69, 9.17) is 0 Å². The van der Waals surface area contributed by atoms with Crippen LogP contribution in [0.5, 0.6) is 0 Å². The largest absolute Gasteiger partial charge is 0.322 e. The fourth-order valence-corrected chi connectivity index (χ4v) is 5.26. The minimum atomic E-state index is -0.138. The van der Waals surface area contributed by atoms with Crippen molar-refractivity contribution < 1.29 is 9.59 Å². The second-order valence-corrected chi connectivity index (χ2v) is 8.94. The number of carbonyl (C=O) groups is 2. The summed E-state index contributed by atoms with van der Waals surface area (Å²) in [5.41, 5.74) is 4.44. The topological polar surface area (TPSA) is 49.4 Å². The lowest BCUT2D eigenvalue weighted by Gasteiger charge is -2.25. The molecule has 5 rings (SSSR count). The molecule has 4 aromatic rings. The Morgan fingerprint density at radius 1 is 0.938 bits per heavy atom. The van der Waals surface area contributed by atoms with E-state index in [9.17, 15) is 9.59 Å². The van der Waals surface area contributed by atoms with Crippen LogP contribution in [-0.2, 0) is 4.79 Å². The lowest BCUT2D eigenvalue weighted by molar-refractivity contribution is -0.115. The van der Waals surface area contributed by atoms with Crippen LogP contribution in [0.4, 0.5) is 11.4 Å². The average molecular weight is 439 g/mol. The number of thioether (sulfide) groups is 1. The molecule has 5 heteroatoms. The molecule has 1 atom stereocenters. The van der Waals surface area contributed by atoms with E-state index < -0.39 is 0 Å². The minimum absolute atomic E-state index is 0.0767. The van der Waals surface area contributed by atoms with Crippen molar-refractivity contribution in [2.75, 3.05) is 16.0 Å². The molecule has 32 heavy (non-hydrogen) atoms. The number of anilines is 2. The van der Waals surface area contributed by atoms with E-state index in [-0.39, 0.29) is 17.2 Å². The van der Waals surface area contributed by atoms with Crippen LogP contribution in [0.1, 0.15) is 26.9 Å². The number of benzene rings is 4. The van der Waals surface area contributed by atoms with E-state index in [2.05, 4.69) is 5.32 Å². The summed E-state index contributed by atoms with van der Waals surface area (Å²) in [6, 6.07) is 29.4. The Balaban J connectivity index is 1.37. The molecule has 158 valence electrons. The first-order chi connectivity index (χ1) is 15.6. The van der Waals surface area contributed by atoms with Gasteiger partial charge in [0, 0.05) is 16.9 Å². The van der Waals surface area contributed by atoms with Gasteiger partial charge in [-0.25, -0.2) is 0 Å². The predicted octanol–water partition coefficient (Wildman–Crippen LogP) is 6.18. The lowest BCUT2D eigenvalue weighted by atomic mass is 10.0. The summed E-state index contributed by atoms with van der Waals surface area (Å²) in [7, 11) is 0. The van der Waals surface area contributed by atoms with Crippen molar-refractivity contribution >= 4 is 45.7 Å². The van der Waals surface area contributed by atoms with Gasteiger partial charge >= 0.3 is 0 Å². The maximum absolute atomic E-state index is 12.9. The molecular weight excluding hydrogens is 416 g/mol. The van der Waals surface area contributed by atoms with Crippen molar-refractivity contribution in [3.05, 3.63) is 108 Å². The number of rotatable bonds is 4. The summed E-state index contributed by atoms with van der Waals surface area (Å²) in [6.45, 7) is 2.03. The average Bonchev–Trinajstić information content (AvgIpc) is 3.20. The quantitative estimate of drug-likeness (QED) is 0.414. The summed E-state index contributed by atoms with van der Waals surface area (Å²) in [4.78, 5) is 27.4. The second kappa shape index (κ2) is 8.52. The number of carbonyl (C=O) groups excluding carboxylic acids is 2. The van der Waals surface area contributed by atoms with Crippen molar-refractivity contribution in [1.29, 1.82) is 0 Å². The lowest BCUT2D eigenvalue weighted by Crippen LogP contribution is -2.27. The van der Waals surface area contributed by atoms with E-state index in [1.165, 1.54) is 0 Å². The van der Waals surface area contributed by atoms with Crippen LogP contribution in [0.3, 0.4) is 0 Å². The van der Waals surface area contributed by atoms with Gasteiger partial charge in [-0.1, -0.05) is 60.7 Å². The van der Waals surface area contributed by atoms with Gasteiger partial charge in [0.2, 0.25) is 5.91 Å². The molecule has 1 N–H and O–H groups in total. The van der Waals surface area contributed by atoms with E-state index in [1.54, 1.807) is 11.8 Å². The van der Waals surface area contributed by atoms with Gasteiger partial charge in [-0.3, -0.25) is 14.5 Å². The van der Waals surface area contributed by atoms with Crippen LogP contribution in [-0.4, -0.2) is 17.6 Å². The first kappa shape index (κ1) is 20.3. The van der Waals surface area contributed by atoms with Crippen molar-refractivity contribution in [2.45, 2.75) is 12.3 Å². The summed E-state index contributed by atoms with van der Waals surface area (Å²) in [5.74, 6) is 0.429. The Hall–Kier alpha value is -3.57. The molecule has 0 bridgehead atoms. The maximum atomic E-state index is 12.9. The zero-order chi connectivity index (χ0) is 22.1. The molecule has 0 saturated carbocycles. The van der Waals surface area contributed by atoms with Crippen molar-refractivity contribution in [3.8, 4) is 0 Å². The molecule has 0 spiro atoms. The number of hydrogen-bond acceptors (Lipinski definition) is 3. The molecule has 1 aliphatic rings. The number of nitrogens with zero attached hydrogens (tertiary/aromatic N) is 1. The Morgan fingerprint density at radius 3 is 2.50 bits per heavy atom. The third-order valence-electron chi connectivity index (χ3n) is 5.64. The third kappa shape index (κ3) is 3.87. The summed E-state index contributed by atoms with van der Waals surface area (Å²) in [6.07, 6.45) is 0. The zero-order valence-electron chi connectivity index (χ0n) is 17.6. The summed E-state index contributed by atoms with van der Waals surface area (Å²) < 4.78 is 0. The molecule has 0 aliphatic carbocycles. The Labute approximate surface area is 191 Å². The Kier molecular flexibility index (Phi) is 5.41.